The van der Waals surface area contributed by atoms with Gasteiger partial charge >= 0.3 is 6.18 Å². The van der Waals surface area contributed by atoms with E-state index in [9.17, 15) is 18.0 Å². The van der Waals surface area contributed by atoms with E-state index in [4.69, 9.17) is 5.26 Å². The maximum atomic E-state index is 12.7. The van der Waals surface area contributed by atoms with Gasteiger partial charge in [-0.1, -0.05) is 30.0 Å². The molecule has 0 fully saturated rings. The Bertz CT molecular complexity index is 818. The van der Waals surface area contributed by atoms with E-state index in [1.165, 1.54) is 30.1 Å². The van der Waals surface area contributed by atoms with Crippen LogP contribution in [0.15, 0.2) is 35.6 Å². The highest BCUT2D eigenvalue weighted by molar-refractivity contribution is 7.98. The monoisotopic (exact) mass is 366 g/mol. The number of nitriles is 1. The number of rotatable bonds is 6. The van der Waals surface area contributed by atoms with E-state index in [0.29, 0.717) is 5.16 Å². The van der Waals surface area contributed by atoms with E-state index >= 15 is 0 Å². The molecule has 0 saturated carbocycles. The number of Topliss-reactive ketones (excluding diaryl/α,β-unsaturated/α-hetero) is 1. The van der Waals surface area contributed by atoms with Crippen molar-refractivity contribution in [2.45, 2.75) is 17.8 Å². The molecule has 1 aromatic heterocycles. The summed E-state index contributed by atoms with van der Waals surface area (Å²) in [7, 11) is 0. The van der Waals surface area contributed by atoms with Gasteiger partial charge in [0.25, 0.3) is 0 Å². The molecule has 0 spiro atoms. The fourth-order valence-corrected chi connectivity index (χ4v) is 2.35. The van der Waals surface area contributed by atoms with Gasteiger partial charge in [-0.15, -0.1) is 0 Å². The first-order valence-electron chi connectivity index (χ1n) is 7.06. The number of nitrogens with one attached hydrogen (secondary N) is 1. The number of ketones is 1. The lowest BCUT2D eigenvalue weighted by molar-refractivity contribution is -0.137. The first-order chi connectivity index (χ1) is 11.8. The van der Waals surface area contributed by atoms with E-state index in [-0.39, 0.29) is 35.7 Å². The average Bonchev–Trinajstić information content (AvgIpc) is 2.59. The normalized spacial score (nSPS) is 11.0. The SMILES string of the molecule is CSc1ncc(C#N)c(NCC(=O)Cc2cccc(C(F)(F)F)c2)n1. The lowest BCUT2D eigenvalue weighted by Crippen LogP contribution is -2.18. The van der Waals surface area contributed by atoms with E-state index < -0.39 is 11.7 Å². The number of carbonyl (C=O) groups excluding carboxylic acids is 1. The van der Waals surface area contributed by atoms with Crippen molar-refractivity contribution >= 4 is 23.4 Å². The third kappa shape index (κ3) is 5.19. The Morgan fingerprint density at radius 1 is 1.40 bits per heavy atom. The van der Waals surface area contributed by atoms with Crippen LogP contribution >= 0.6 is 11.8 Å². The Balaban J connectivity index is 2.04. The molecule has 5 nitrogen and oxygen atoms in total. The lowest BCUT2D eigenvalue weighted by Gasteiger charge is -2.09. The first kappa shape index (κ1) is 18.7. The first-order valence-corrected chi connectivity index (χ1v) is 8.29. The van der Waals surface area contributed by atoms with Crippen molar-refractivity contribution in [2.24, 2.45) is 0 Å². The van der Waals surface area contributed by atoms with Crippen molar-refractivity contribution in [3.63, 3.8) is 0 Å². The number of hydrogen-bond donors (Lipinski definition) is 1. The summed E-state index contributed by atoms with van der Waals surface area (Å²) in [6, 6.07) is 6.55. The van der Waals surface area contributed by atoms with Crippen LogP contribution in [0.5, 0.6) is 0 Å². The molecule has 2 rings (SSSR count). The van der Waals surface area contributed by atoms with Gasteiger partial charge in [0.2, 0.25) is 0 Å². The number of aromatic nitrogens is 2. The highest BCUT2D eigenvalue weighted by atomic mass is 32.2. The average molecular weight is 366 g/mol. The Labute approximate surface area is 146 Å². The molecule has 2 aromatic rings. The Hall–Kier alpha value is -2.60. The third-order valence-electron chi connectivity index (χ3n) is 3.18. The molecule has 0 saturated heterocycles. The molecular weight excluding hydrogens is 353 g/mol. The molecule has 0 aliphatic rings. The van der Waals surface area contributed by atoms with Crippen molar-refractivity contribution in [2.75, 3.05) is 18.1 Å². The molecule has 1 aromatic carbocycles. The van der Waals surface area contributed by atoms with Crippen LogP contribution in [-0.2, 0) is 17.4 Å². The molecular formula is C16H13F3N4OS. The minimum absolute atomic E-state index is 0.153. The highest BCUT2D eigenvalue weighted by Gasteiger charge is 2.30. The summed E-state index contributed by atoms with van der Waals surface area (Å²) in [6.07, 6.45) is -1.49. The molecule has 0 aliphatic heterocycles. The molecule has 0 aliphatic carbocycles. The minimum atomic E-state index is -4.45. The van der Waals surface area contributed by atoms with Gasteiger partial charge < -0.3 is 5.32 Å². The zero-order chi connectivity index (χ0) is 18.4. The van der Waals surface area contributed by atoms with Crippen LogP contribution in [0.3, 0.4) is 0 Å². The Kier molecular flexibility index (Phi) is 5.98. The van der Waals surface area contributed by atoms with Crippen molar-refractivity contribution in [3.8, 4) is 6.07 Å². The van der Waals surface area contributed by atoms with Gasteiger partial charge in [0.15, 0.2) is 10.9 Å². The van der Waals surface area contributed by atoms with Gasteiger partial charge in [-0.05, 0) is 17.9 Å². The summed E-state index contributed by atoms with van der Waals surface area (Å²) < 4.78 is 38.1. The summed E-state index contributed by atoms with van der Waals surface area (Å²) in [5, 5.41) is 12.2. The van der Waals surface area contributed by atoms with Crippen LogP contribution in [0.4, 0.5) is 19.0 Å². The van der Waals surface area contributed by atoms with Crippen molar-refractivity contribution in [1.82, 2.24) is 9.97 Å². The number of thioether (sulfide) groups is 1. The van der Waals surface area contributed by atoms with Crippen LogP contribution in [-0.4, -0.2) is 28.6 Å². The molecule has 130 valence electrons. The quantitative estimate of drug-likeness (QED) is 0.624. The van der Waals surface area contributed by atoms with Crippen LogP contribution in [0.25, 0.3) is 0 Å². The second kappa shape index (κ2) is 7.98. The Morgan fingerprint density at radius 2 is 2.16 bits per heavy atom. The molecule has 0 radical (unpaired) electrons. The van der Waals surface area contributed by atoms with Crippen LogP contribution in [0.2, 0.25) is 0 Å². The van der Waals surface area contributed by atoms with E-state index in [0.717, 1.165) is 12.1 Å². The van der Waals surface area contributed by atoms with Gasteiger partial charge in [0.05, 0.1) is 18.3 Å². The number of nitrogens with zero attached hydrogens (tertiary/aromatic N) is 3. The zero-order valence-electron chi connectivity index (χ0n) is 13.1. The zero-order valence-corrected chi connectivity index (χ0v) is 13.9. The van der Waals surface area contributed by atoms with E-state index in [1.54, 1.807) is 6.26 Å². The predicted molar refractivity (Wildman–Crippen MR) is 87.2 cm³/mol. The maximum Gasteiger partial charge on any atom is 0.416 e. The number of carbonyl (C=O) groups is 1. The van der Waals surface area contributed by atoms with Gasteiger partial charge in [-0.3, -0.25) is 4.79 Å². The molecule has 1 N–H and O–H groups in total. The highest BCUT2D eigenvalue weighted by Crippen LogP contribution is 2.29. The fourth-order valence-electron chi connectivity index (χ4n) is 2.01. The second-order valence-corrected chi connectivity index (χ2v) is 5.77. The van der Waals surface area contributed by atoms with Crippen LogP contribution in [0.1, 0.15) is 16.7 Å². The molecule has 1 heterocycles. The maximum absolute atomic E-state index is 12.7. The molecule has 0 unspecified atom stereocenters. The topological polar surface area (TPSA) is 78.7 Å². The van der Waals surface area contributed by atoms with Crippen LogP contribution < -0.4 is 5.32 Å². The molecule has 0 atom stereocenters. The van der Waals surface area contributed by atoms with E-state index in [1.807, 2.05) is 6.07 Å². The fraction of sp³-hybridized carbons (Fsp3) is 0.250. The standard InChI is InChI=1S/C16H13F3N4OS/c1-25-15-22-8-11(7-20)14(23-15)21-9-13(24)6-10-3-2-4-12(5-10)16(17,18)19/h2-5,8H,6,9H2,1H3,(H,21,22,23). The van der Waals surface area contributed by atoms with Crippen LogP contribution in [0, 0.1) is 11.3 Å². The summed E-state index contributed by atoms with van der Waals surface area (Å²) in [6.45, 7) is -0.157. The largest absolute Gasteiger partial charge is 0.416 e. The van der Waals surface area contributed by atoms with Gasteiger partial charge in [-0.25, -0.2) is 9.97 Å². The molecule has 0 bridgehead atoms. The summed E-state index contributed by atoms with van der Waals surface area (Å²) in [5.41, 5.74) is -0.336. The summed E-state index contributed by atoms with van der Waals surface area (Å²) in [5.74, 6) is -0.105. The number of halogens is 3. The van der Waals surface area contributed by atoms with E-state index in [2.05, 4.69) is 15.3 Å². The molecule has 9 heteroatoms. The number of anilines is 1. The Morgan fingerprint density at radius 3 is 2.80 bits per heavy atom. The third-order valence-corrected chi connectivity index (χ3v) is 3.74. The van der Waals surface area contributed by atoms with Crippen molar-refractivity contribution in [3.05, 3.63) is 47.2 Å². The number of benzene rings is 1. The predicted octanol–water partition coefficient (Wildman–Crippen LogP) is 3.31. The van der Waals surface area contributed by atoms with Gasteiger partial charge in [0, 0.05) is 6.42 Å². The number of alkyl halides is 3. The van der Waals surface area contributed by atoms with Crippen molar-refractivity contribution in [1.29, 1.82) is 5.26 Å². The minimum Gasteiger partial charge on any atom is -0.362 e. The molecule has 25 heavy (non-hydrogen) atoms. The summed E-state index contributed by atoms with van der Waals surface area (Å²) in [4.78, 5) is 20.1. The number of hydrogen-bond acceptors (Lipinski definition) is 6. The smallest absolute Gasteiger partial charge is 0.362 e. The molecule has 0 amide bonds. The van der Waals surface area contributed by atoms with Crippen molar-refractivity contribution < 1.29 is 18.0 Å². The lowest BCUT2D eigenvalue weighted by atomic mass is 10.1. The summed E-state index contributed by atoms with van der Waals surface area (Å²) >= 11 is 1.28. The van der Waals surface area contributed by atoms with Gasteiger partial charge in [-0.2, -0.15) is 18.4 Å². The van der Waals surface area contributed by atoms with Gasteiger partial charge in [0.1, 0.15) is 17.5 Å². The second-order valence-electron chi connectivity index (χ2n) is 5.00.